The molecule has 0 amide bonds. The largest absolute Gasteiger partial charge is 0.324 e. The van der Waals surface area contributed by atoms with Crippen LogP contribution in [-0.4, -0.2) is 25.8 Å². The van der Waals surface area contributed by atoms with Crippen LogP contribution in [0.15, 0.2) is 23.1 Å². The van der Waals surface area contributed by atoms with E-state index in [4.69, 9.17) is 11.6 Å². The van der Waals surface area contributed by atoms with Gasteiger partial charge in [-0.1, -0.05) is 6.07 Å². The highest BCUT2D eigenvalue weighted by Crippen LogP contribution is 2.26. The highest BCUT2D eigenvalue weighted by atomic mass is 35.5. The van der Waals surface area contributed by atoms with Gasteiger partial charge in [0, 0.05) is 12.4 Å². The van der Waals surface area contributed by atoms with E-state index in [-0.39, 0.29) is 12.4 Å². The molecule has 1 aromatic carbocycles. The maximum Gasteiger partial charge on any atom is 0.324 e. The van der Waals surface area contributed by atoms with Gasteiger partial charge >= 0.3 is 5.69 Å². The van der Waals surface area contributed by atoms with Crippen LogP contribution in [0.25, 0.3) is 0 Å². The number of benzene rings is 1. The molecule has 0 bridgehead atoms. The Morgan fingerprint density at radius 2 is 2.12 bits per heavy atom. The Morgan fingerprint density at radius 1 is 1.47 bits per heavy atom. The minimum atomic E-state index is -4.14. The molecule has 0 unspecified atom stereocenters. The molecule has 9 heteroatoms. The third-order valence-electron chi connectivity index (χ3n) is 1.81. The van der Waals surface area contributed by atoms with Gasteiger partial charge in [0.1, 0.15) is 0 Å². The van der Waals surface area contributed by atoms with Crippen molar-refractivity contribution in [2.75, 3.05) is 12.4 Å². The topological polar surface area (TPSA) is 89.3 Å². The van der Waals surface area contributed by atoms with Crippen LogP contribution in [0, 0.1) is 15.9 Å². The number of alkyl halides is 1. The van der Waals surface area contributed by atoms with Gasteiger partial charge in [-0.2, -0.15) is 4.39 Å². The van der Waals surface area contributed by atoms with E-state index in [1.807, 2.05) is 4.72 Å². The molecular formula is C8H8ClFN2O4S. The quantitative estimate of drug-likeness (QED) is 0.500. The molecule has 1 aromatic rings. The first kappa shape index (κ1) is 13.8. The Kier molecular flexibility index (Phi) is 4.38. The Morgan fingerprint density at radius 3 is 2.65 bits per heavy atom. The minimum absolute atomic E-state index is 0.00232. The summed E-state index contributed by atoms with van der Waals surface area (Å²) < 4.78 is 38.5. The lowest BCUT2D eigenvalue weighted by atomic mass is 10.3. The normalized spacial score (nSPS) is 11.4. The molecule has 0 aliphatic carbocycles. The van der Waals surface area contributed by atoms with E-state index in [1.54, 1.807) is 0 Å². The second kappa shape index (κ2) is 5.39. The molecule has 94 valence electrons. The van der Waals surface area contributed by atoms with Crippen molar-refractivity contribution in [3.8, 4) is 0 Å². The summed E-state index contributed by atoms with van der Waals surface area (Å²) in [6.07, 6.45) is 0. The van der Waals surface area contributed by atoms with Crippen molar-refractivity contribution in [3.63, 3.8) is 0 Å². The molecule has 0 saturated heterocycles. The molecule has 17 heavy (non-hydrogen) atoms. The minimum Gasteiger partial charge on any atom is -0.258 e. The Labute approximate surface area is 102 Å². The molecule has 1 rings (SSSR count). The van der Waals surface area contributed by atoms with Crippen LogP contribution < -0.4 is 4.72 Å². The monoisotopic (exact) mass is 282 g/mol. The number of nitrogens with zero attached hydrogens (tertiary/aromatic N) is 1. The number of para-hydroxylation sites is 1. The van der Waals surface area contributed by atoms with E-state index in [2.05, 4.69) is 0 Å². The molecule has 6 nitrogen and oxygen atoms in total. The molecule has 0 radical (unpaired) electrons. The van der Waals surface area contributed by atoms with E-state index >= 15 is 0 Å². The summed E-state index contributed by atoms with van der Waals surface area (Å²) in [5, 5.41) is 10.6. The van der Waals surface area contributed by atoms with E-state index in [1.165, 1.54) is 0 Å². The van der Waals surface area contributed by atoms with Crippen molar-refractivity contribution in [2.45, 2.75) is 4.90 Å². The third kappa shape index (κ3) is 3.11. The van der Waals surface area contributed by atoms with Crippen molar-refractivity contribution in [1.82, 2.24) is 4.72 Å². The molecule has 0 saturated carbocycles. The van der Waals surface area contributed by atoms with E-state index in [0.29, 0.717) is 0 Å². The van der Waals surface area contributed by atoms with Crippen LogP contribution in [0.1, 0.15) is 0 Å². The van der Waals surface area contributed by atoms with Crippen molar-refractivity contribution in [2.24, 2.45) is 0 Å². The number of nitro benzene ring substituents is 1. The standard InChI is InChI=1S/C8H8ClFN2O4S/c9-4-5-11-17(15,16)7-3-1-2-6(10)8(7)12(13)14/h1-3,11H,4-5H2. The maximum atomic E-state index is 13.2. The van der Waals surface area contributed by atoms with Gasteiger partial charge in [-0.05, 0) is 12.1 Å². The third-order valence-corrected chi connectivity index (χ3v) is 3.49. The van der Waals surface area contributed by atoms with Crippen LogP contribution in [-0.2, 0) is 10.0 Å². The van der Waals surface area contributed by atoms with E-state index < -0.39 is 31.3 Å². The number of hydrogen-bond donors (Lipinski definition) is 1. The summed E-state index contributed by atoms with van der Waals surface area (Å²) in [6.45, 7) is -0.0996. The molecule has 0 heterocycles. The summed E-state index contributed by atoms with van der Waals surface area (Å²) >= 11 is 5.29. The smallest absolute Gasteiger partial charge is 0.258 e. The van der Waals surface area contributed by atoms with Gasteiger partial charge in [-0.15, -0.1) is 11.6 Å². The van der Waals surface area contributed by atoms with Crippen molar-refractivity contribution < 1.29 is 17.7 Å². The number of nitro groups is 1. The molecule has 0 atom stereocenters. The first-order chi connectivity index (χ1) is 7.90. The number of hydrogen-bond acceptors (Lipinski definition) is 4. The SMILES string of the molecule is O=[N+]([O-])c1c(F)cccc1S(=O)(=O)NCCCl. The second-order valence-corrected chi connectivity index (χ2v) is 5.04. The predicted molar refractivity (Wildman–Crippen MR) is 59.0 cm³/mol. The van der Waals surface area contributed by atoms with E-state index in [9.17, 15) is 22.9 Å². The highest BCUT2D eigenvalue weighted by molar-refractivity contribution is 7.89. The van der Waals surface area contributed by atoms with Gasteiger partial charge in [0.2, 0.25) is 15.8 Å². The van der Waals surface area contributed by atoms with Gasteiger partial charge in [0.15, 0.2) is 4.90 Å². The van der Waals surface area contributed by atoms with Crippen LogP contribution in [0.3, 0.4) is 0 Å². The fraction of sp³-hybridized carbons (Fsp3) is 0.250. The van der Waals surface area contributed by atoms with Gasteiger partial charge < -0.3 is 0 Å². The lowest BCUT2D eigenvalue weighted by Crippen LogP contribution is -2.26. The predicted octanol–water partition coefficient (Wildman–Crippen LogP) is 1.25. The number of halogens is 2. The van der Waals surface area contributed by atoms with Gasteiger partial charge in [-0.25, -0.2) is 13.1 Å². The lowest BCUT2D eigenvalue weighted by molar-refractivity contribution is -0.390. The summed E-state index contributed by atoms with van der Waals surface area (Å²) in [7, 11) is -4.14. The van der Waals surface area contributed by atoms with Gasteiger partial charge in [-0.3, -0.25) is 10.1 Å². The first-order valence-corrected chi connectivity index (χ1v) is 6.40. The Bertz CT molecular complexity index is 534. The molecular weight excluding hydrogens is 275 g/mol. The second-order valence-electron chi connectivity index (χ2n) is 2.93. The Hall–Kier alpha value is -1.25. The zero-order valence-electron chi connectivity index (χ0n) is 8.39. The Balaban J connectivity index is 3.31. The summed E-state index contributed by atoms with van der Waals surface area (Å²) in [5.74, 6) is -1.20. The number of nitrogens with one attached hydrogen (secondary N) is 1. The zero-order valence-corrected chi connectivity index (χ0v) is 9.96. The lowest BCUT2D eigenvalue weighted by Gasteiger charge is -2.05. The molecule has 0 fully saturated rings. The van der Waals surface area contributed by atoms with Crippen LogP contribution >= 0.6 is 11.6 Å². The molecule has 0 spiro atoms. The van der Waals surface area contributed by atoms with Crippen LogP contribution in [0.2, 0.25) is 0 Å². The molecule has 0 aliphatic heterocycles. The van der Waals surface area contributed by atoms with Crippen LogP contribution in [0.4, 0.5) is 10.1 Å². The van der Waals surface area contributed by atoms with Gasteiger partial charge in [0.05, 0.1) is 4.92 Å². The first-order valence-electron chi connectivity index (χ1n) is 4.38. The van der Waals surface area contributed by atoms with Crippen molar-refractivity contribution in [1.29, 1.82) is 0 Å². The highest BCUT2D eigenvalue weighted by Gasteiger charge is 2.28. The summed E-state index contributed by atoms with van der Waals surface area (Å²) in [5.41, 5.74) is -1.07. The van der Waals surface area contributed by atoms with E-state index in [0.717, 1.165) is 18.2 Å². The van der Waals surface area contributed by atoms with Crippen molar-refractivity contribution >= 4 is 27.3 Å². The average Bonchev–Trinajstić information content (AvgIpc) is 2.25. The maximum absolute atomic E-state index is 13.2. The zero-order chi connectivity index (χ0) is 13.1. The molecule has 0 aliphatic rings. The van der Waals surface area contributed by atoms with Gasteiger partial charge in [0.25, 0.3) is 0 Å². The number of rotatable bonds is 5. The van der Waals surface area contributed by atoms with Crippen molar-refractivity contribution in [3.05, 3.63) is 34.1 Å². The average molecular weight is 283 g/mol. The molecule has 0 aromatic heterocycles. The van der Waals surface area contributed by atoms with Crippen LogP contribution in [0.5, 0.6) is 0 Å². The fourth-order valence-corrected chi connectivity index (χ4v) is 2.56. The number of sulfonamides is 1. The molecule has 1 N–H and O–H groups in total. The summed E-state index contributed by atoms with van der Waals surface area (Å²) in [4.78, 5) is 8.82. The summed E-state index contributed by atoms with van der Waals surface area (Å²) in [6, 6.07) is 2.86. The fourth-order valence-electron chi connectivity index (χ4n) is 1.14.